The number of ether oxygens (including phenoxy) is 1. The van der Waals surface area contributed by atoms with E-state index < -0.39 is 0 Å². The van der Waals surface area contributed by atoms with Crippen LogP contribution in [-0.4, -0.2) is 12.5 Å². The summed E-state index contributed by atoms with van der Waals surface area (Å²) in [6.07, 6.45) is 0. The molecular formula is C21H21ClN2O2. The molecule has 0 aliphatic heterocycles. The molecule has 0 aromatic heterocycles. The van der Waals surface area contributed by atoms with Crippen molar-refractivity contribution in [3.63, 3.8) is 0 Å². The Morgan fingerprint density at radius 3 is 2.73 bits per heavy atom. The van der Waals surface area contributed by atoms with Crippen molar-refractivity contribution >= 4 is 28.3 Å². The molecule has 0 radical (unpaired) electrons. The smallest absolute Gasteiger partial charge is 0.251 e. The zero-order chi connectivity index (χ0) is 18.5. The summed E-state index contributed by atoms with van der Waals surface area (Å²) in [5.74, 6) is 0.542. The molecule has 3 aromatic carbocycles. The van der Waals surface area contributed by atoms with Gasteiger partial charge in [-0.1, -0.05) is 41.9 Å². The predicted molar refractivity (Wildman–Crippen MR) is 106 cm³/mol. The summed E-state index contributed by atoms with van der Waals surface area (Å²) in [6.45, 7) is 3.24. The fourth-order valence-corrected chi connectivity index (χ4v) is 3.06. The molecule has 0 fully saturated rings. The van der Waals surface area contributed by atoms with E-state index in [4.69, 9.17) is 22.1 Å². The SMILES string of the molecule is CCOc1cc(Cl)ccc1CNC(=O)c1ccc2cccc(CN)c2c1. The van der Waals surface area contributed by atoms with Gasteiger partial charge in [0.05, 0.1) is 6.61 Å². The van der Waals surface area contributed by atoms with Gasteiger partial charge in [0.15, 0.2) is 0 Å². The molecule has 0 bridgehead atoms. The van der Waals surface area contributed by atoms with Gasteiger partial charge < -0.3 is 15.8 Å². The van der Waals surface area contributed by atoms with Crippen LogP contribution in [0.4, 0.5) is 0 Å². The lowest BCUT2D eigenvalue weighted by Gasteiger charge is -2.12. The molecule has 0 unspecified atom stereocenters. The Labute approximate surface area is 157 Å². The van der Waals surface area contributed by atoms with E-state index in [9.17, 15) is 4.79 Å². The van der Waals surface area contributed by atoms with Crippen LogP contribution in [0, 0.1) is 0 Å². The molecule has 0 aliphatic rings. The number of amides is 1. The van der Waals surface area contributed by atoms with Crippen molar-refractivity contribution in [1.29, 1.82) is 0 Å². The maximum Gasteiger partial charge on any atom is 0.251 e. The van der Waals surface area contributed by atoms with E-state index in [0.717, 1.165) is 21.9 Å². The number of carbonyl (C=O) groups is 1. The van der Waals surface area contributed by atoms with Gasteiger partial charge in [0.2, 0.25) is 0 Å². The highest BCUT2D eigenvalue weighted by Crippen LogP contribution is 2.24. The molecule has 0 atom stereocenters. The number of nitrogens with one attached hydrogen (secondary N) is 1. The quantitative estimate of drug-likeness (QED) is 0.682. The van der Waals surface area contributed by atoms with Crippen LogP contribution < -0.4 is 15.8 Å². The largest absolute Gasteiger partial charge is 0.493 e. The van der Waals surface area contributed by atoms with Crippen LogP contribution in [0.5, 0.6) is 5.75 Å². The van der Waals surface area contributed by atoms with Gasteiger partial charge in [-0.25, -0.2) is 0 Å². The van der Waals surface area contributed by atoms with Crippen LogP contribution in [0.25, 0.3) is 10.8 Å². The van der Waals surface area contributed by atoms with E-state index in [1.807, 2.05) is 49.4 Å². The first kappa shape index (κ1) is 18.2. The van der Waals surface area contributed by atoms with Gasteiger partial charge in [0.25, 0.3) is 5.91 Å². The zero-order valence-corrected chi connectivity index (χ0v) is 15.3. The third-order valence-electron chi connectivity index (χ3n) is 4.22. The Balaban J connectivity index is 1.79. The zero-order valence-electron chi connectivity index (χ0n) is 14.6. The van der Waals surface area contributed by atoms with E-state index in [-0.39, 0.29) is 5.91 Å². The summed E-state index contributed by atoms with van der Waals surface area (Å²) in [7, 11) is 0. The van der Waals surface area contributed by atoms with Crippen molar-refractivity contribution in [2.24, 2.45) is 5.73 Å². The van der Waals surface area contributed by atoms with Gasteiger partial charge in [-0.2, -0.15) is 0 Å². The van der Waals surface area contributed by atoms with Gasteiger partial charge in [-0.05, 0) is 47.5 Å². The van der Waals surface area contributed by atoms with Crippen LogP contribution >= 0.6 is 11.6 Å². The van der Waals surface area contributed by atoms with Crippen molar-refractivity contribution in [3.8, 4) is 5.75 Å². The molecule has 3 N–H and O–H groups in total. The van der Waals surface area contributed by atoms with E-state index in [0.29, 0.717) is 36.0 Å². The molecule has 134 valence electrons. The molecule has 5 heteroatoms. The lowest BCUT2D eigenvalue weighted by atomic mass is 10.0. The van der Waals surface area contributed by atoms with Gasteiger partial charge in [0, 0.05) is 29.2 Å². The van der Waals surface area contributed by atoms with Crippen LogP contribution in [0.3, 0.4) is 0 Å². The number of benzene rings is 3. The number of fused-ring (bicyclic) bond motifs is 1. The number of rotatable bonds is 6. The molecule has 1 amide bonds. The van der Waals surface area contributed by atoms with Gasteiger partial charge in [-0.3, -0.25) is 4.79 Å². The highest BCUT2D eigenvalue weighted by Gasteiger charge is 2.10. The maximum atomic E-state index is 12.6. The van der Waals surface area contributed by atoms with Gasteiger partial charge >= 0.3 is 0 Å². The fraction of sp³-hybridized carbons (Fsp3) is 0.190. The molecule has 0 saturated heterocycles. The monoisotopic (exact) mass is 368 g/mol. The highest BCUT2D eigenvalue weighted by molar-refractivity contribution is 6.30. The highest BCUT2D eigenvalue weighted by atomic mass is 35.5. The molecule has 26 heavy (non-hydrogen) atoms. The fourth-order valence-electron chi connectivity index (χ4n) is 2.90. The van der Waals surface area contributed by atoms with Crippen molar-refractivity contribution < 1.29 is 9.53 Å². The van der Waals surface area contributed by atoms with Crippen LogP contribution in [0.15, 0.2) is 54.6 Å². The first-order valence-electron chi connectivity index (χ1n) is 8.53. The van der Waals surface area contributed by atoms with Crippen molar-refractivity contribution in [2.45, 2.75) is 20.0 Å². The van der Waals surface area contributed by atoms with Crippen LogP contribution in [-0.2, 0) is 13.1 Å². The summed E-state index contributed by atoms with van der Waals surface area (Å²) in [5, 5.41) is 5.62. The summed E-state index contributed by atoms with van der Waals surface area (Å²) in [6, 6.07) is 17.0. The third-order valence-corrected chi connectivity index (χ3v) is 4.46. The van der Waals surface area contributed by atoms with E-state index >= 15 is 0 Å². The second kappa shape index (κ2) is 8.21. The molecular weight excluding hydrogens is 348 g/mol. The average Bonchev–Trinajstić information content (AvgIpc) is 2.66. The Hall–Kier alpha value is -2.56. The molecule has 0 spiro atoms. The number of nitrogens with two attached hydrogens (primary N) is 1. The normalized spacial score (nSPS) is 10.7. The lowest BCUT2D eigenvalue weighted by molar-refractivity contribution is 0.0951. The molecule has 3 aromatic rings. The van der Waals surface area contributed by atoms with Crippen LogP contribution in [0.1, 0.15) is 28.4 Å². The van der Waals surface area contributed by atoms with Crippen molar-refractivity contribution in [3.05, 3.63) is 76.3 Å². The minimum absolute atomic E-state index is 0.142. The predicted octanol–water partition coefficient (Wildman–Crippen LogP) is 4.28. The second-order valence-electron chi connectivity index (χ2n) is 5.92. The van der Waals surface area contributed by atoms with E-state index in [2.05, 4.69) is 5.32 Å². The minimum atomic E-state index is -0.142. The molecule has 0 heterocycles. The summed E-state index contributed by atoms with van der Waals surface area (Å²) < 4.78 is 5.59. The molecule has 0 saturated carbocycles. The Morgan fingerprint density at radius 1 is 1.12 bits per heavy atom. The Morgan fingerprint density at radius 2 is 1.96 bits per heavy atom. The van der Waals surface area contributed by atoms with Gasteiger partial charge in [0.1, 0.15) is 5.75 Å². The average molecular weight is 369 g/mol. The lowest BCUT2D eigenvalue weighted by Crippen LogP contribution is -2.23. The number of hydrogen-bond donors (Lipinski definition) is 2. The van der Waals surface area contributed by atoms with Gasteiger partial charge in [-0.15, -0.1) is 0 Å². The minimum Gasteiger partial charge on any atom is -0.493 e. The third kappa shape index (κ3) is 3.98. The second-order valence-corrected chi connectivity index (χ2v) is 6.36. The Bertz CT molecular complexity index is 940. The molecule has 0 aliphatic carbocycles. The van der Waals surface area contributed by atoms with E-state index in [1.54, 1.807) is 12.1 Å². The van der Waals surface area contributed by atoms with Crippen molar-refractivity contribution in [1.82, 2.24) is 5.32 Å². The summed E-state index contributed by atoms with van der Waals surface area (Å²) >= 11 is 6.02. The topological polar surface area (TPSA) is 64.3 Å². The summed E-state index contributed by atoms with van der Waals surface area (Å²) in [4.78, 5) is 12.6. The molecule has 4 nitrogen and oxygen atoms in total. The maximum absolute atomic E-state index is 12.6. The first-order valence-corrected chi connectivity index (χ1v) is 8.91. The first-order chi connectivity index (χ1) is 12.6. The number of hydrogen-bond acceptors (Lipinski definition) is 3. The summed E-state index contributed by atoms with van der Waals surface area (Å²) in [5.41, 5.74) is 8.32. The van der Waals surface area contributed by atoms with E-state index in [1.165, 1.54) is 0 Å². The standard InChI is InChI=1S/C21H21ClN2O2/c1-2-26-20-11-18(22)9-8-17(20)13-24-21(25)15-7-6-14-4-3-5-16(12-23)19(14)10-15/h3-11H,2,12-13,23H2,1H3,(H,24,25). The number of halogens is 1. The number of carbonyl (C=O) groups excluding carboxylic acids is 1. The molecule has 3 rings (SSSR count). The van der Waals surface area contributed by atoms with Crippen LogP contribution in [0.2, 0.25) is 5.02 Å². The van der Waals surface area contributed by atoms with Crippen molar-refractivity contribution in [2.75, 3.05) is 6.61 Å². The Kier molecular flexibility index (Phi) is 5.76.